The van der Waals surface area contributed by atoms with E-state index in [1.54, 1.807) is 12.3 Å². The van der Waals surface area contributed by atoms with Crippen LogP contribution in [-0.2, 0) is 6.54 Å². The maximum atomic E-state index is 10.8. The molecule has 0 unspecified atom stereocenters. The summed E-state index contributed by atoms with van der Waals surface area (Å²) in [4.78, 5) is 17.0. The van der Waals surface area contributed by atoms with Gasteiger partial charge >= 0.3 is 5.97 Å². The van der Waals surface area contributed by atoms with Crippen LogP contribution < -0.4 is 0 Å². The van der Waals surface area contributed by atoms with Gasteiger partial charge in [-0.25, -0.2) is 9.78 Å². The minimum Gasteiger partial charge on any atom is -0.477 e. The molecule has 0 bridgehead atoms. The third-order valence-electron chi connectivity index (χ3n) is 3.11. The zero-order chi connectivity index (χ0) is 12.3. The molecule has 17 heavy (non-hydrogen) atoms. The Bertz CT molecular complexity index is 402. The number of hydrogen-bond acceptors (Lipinski definition) is 3. The summed E-state index contributed by atoms with van der Waals surface area (Å²) in [5, 5.41) is 8.88. The predicted molar refractivity (Wildman–Crippen MR) is 64.9 cm³/mol. The molecule has 0 aromatic carbocycles. The number of carboxylic acid groups (broad SMARTS) is 1. The molecule has 1 aromatic rings. The average molecular weight is 234 g/mol. The first-order valence-electron chi connectivity index (χ1n) is 6.09. The molecule has 0 radical (unpaired) electrons. The fourth-order valence-corrected chi connectivity index (χ4v) is 1.92. The van der Waals surface area contributed by atoms with Gasteiger partial charge in [-0.2, -0.15) is 0 Å². The number of aromatic carboxylic acids is 1. The van der Waals surface area contributed by atoms with Gasteiger partial charge in [0.15, 0.2) is 0 Å². The Labute approximate surface area is 101 Å². The SMILES string of the molecule is CCN(Cc1ccnc(C(=O)O)c1)CC1CC1. The van der Waals surface area contributed by atoms with Gasteiger partial charge in [0.1, 0.15) is 5.69 Å². The fourth-order valence-electron chi connectivity index (χ4n) is 1.92. The molecule has 4 heteroatoms. The van der Waals surface area contributed by atoms with E-state index in [2.05, 4.69) is 16.8 Å². The Kier molecular flexibility index (Phi) is 3.74. The van der Waals surface area contributed by atoms with Gasteiger partial charge in [0.05, 0.1) is 0 Å². The van der Waals surface area contributed by atoms with Gasteiger partial charge in [0.25, 0.3) is 0 Å². The highest BCUT2D eigenvalue weighted by molar-refractivity contribution is 5.85. The summed E-state index contributed by atoms with van der Waals surface area (Å²) in [6, 6.07) is 3.56. The molecule has 0 saturated heterocycles. The van der Waals surface area contributed by atoms with Crippen LogP contribution in [0.1, 0.15) is 35.8 Å². The van der Waals surface area contributed by atoms with Crippen LogP contribution in [0.4, 0.5) is 0 Å². The van der Waals surface area contributed by atoms with E-state index in [0.717, 1.165) is 31.1 Å². The molecule has 1 saturated carbocycles. The Morgan fingerprint density at radius 2 is 2.35 bits per heavy atom. The van der Waals surface area contributed by atoms with Crippen molar-refractivity contribution in [3.63, 3.8) is 0 Å². The molecule has 4 nitrogen and oxygen atoms in total. The molecule has 1 aliphatic carbocycles. The molecule has 1 N–H and O–H groups in total. The summed E-state index contributed by atoms with van der Waals surface area (Å²) >= 11 is 0. The standard InChI is InChI=1S/C13H18N2O2/c1-2-15(8-10-3-4-10)9-11-5-6-14-12(7-11)13(16)17/h5-7,10H,2-4,8-9H2,1H3,(H,16,17). The van der Waals surface area contributed by atoms with Crippen LogP contribution in [0.25, 0.3) is 0 Å². The van der Waals surface area contributed by atoms with Crippen LogP contribution >= 0.6 is 0 Å². The third kappa shape index (κ3) is 3.53. The van der Waals surface area contributed by atoms with Crippen molar-refractivity contribution in [2.75, 3.05) is 13.1 Å². The van der Waals surface area contributed by atoms with Crippen molar-refractivity contribution in [1.29, 1.82) is 0 Å². The van der Waals surface area contributed by atoms with Crippen LogP contribution in [0.5, 0.6) is 0 Å². The Balaban J connectivity index is 2.00. The summed E-state index contributed by atoms with van der Waals surface area (Å²) in [6.07, 6.45) is 4.25. The van der Waals surface area contributed by atoms with Crippen molar-refractivity contribution in [2.24, 2.45) is 5.92 Å². The summed E-state index contributed by atoms with van der Waals surface area (Å²) < 4.78 is 0. The summed E-state index contributed by atoms with van der Waals surface area (Å²) in [5.74, 6) is -0.104. The summed E-state index contributed by atoms with van der Waals surface area (Å²) in [6.45, 7) is 5.08. The summed E-state index contributed by atoms with van der Waals surface area (Å²) in [5.41, 5.74) is 1.16. The van der Waals surface area contributed by atoms with Crippen LogP contribution in [0.3, 0.4) is 0 Å². The first-order valence-corrected chi connectivity index (χ1v) is 6.09. The fraction of sp³-hybridized carbons (Fsp3) is 0.538. The molecule has 0 amide bonds. The minimum atomic E-state index is -0.961. The molecule has 92 valence electrons. The average Bonchev–Trinajstić information content (AvgIpc) is 3.12. The van der Waals surface area contributed by atoms with Gasteiger partial charge in [-0.05, 0) is 43.0 Å². The number of hydrogen-bond donors (Lipinski definition) is 1. The molecule has 1 aliphatic rings. The van der Waals surface area contributed by atoms with E-state index >= 15 is 0 Å². The molecular formula is C13H18N2O2. The zero-order valence-electron chi connectivity index (χ0n) is 10.1. The largest absolute Gasteiger partial charge is 0.477 e. The minimum absolute atomic E-state index is 0.130. The molecular weight excluding hydrogens is 216 g/mol. The lowest BCUT2D eigenvalue weighted by Crippen LogP contribution is -2.25. The third-order valence-corrected chi connectivity index (χ3v) is 3.11. The Morgan fingerprint density at radius 3 is 2.94 bits per heavy atom. The van der Waals surface area contributed by atoms with Crippen molar-refractivity contribution >= 4 is 5.97 Å². The highest BCUT2D eigenvalue weighted by Gasteiger charge is 2.23. The van der Waals surface area contributed by atoms with Crippen molar-refractivity contribution in [1.82, 2.24) is 9.88 Å². The number of nitrogens with zero attached hydrogens (tertiary/aromatic N) is 2. The lowest BCUT2D eigenvalue weighted by Gasteiger charge is -2.20. The van der Waals surface area contributed by atoms with Crippen molar-refractivity contribution in [3.05, 3.63) is 29.6 Å². The van der Waals surface area contributed by atoms with E-state index < -0.39 is 5.97 Å². The van der Waals surface area contributed by atoms with Gasteiger partial charge in [-0.3, -0.25) is 4.90 Å². The second-order valence-corrected chi connectivity index (χ2v) is 4.63. The highest BCUT2D eigenvalue weighted by atomic mass is 16.4. The normalized spacial score (nSPS) is 15.2. The van der Waals surface area contributed by atoms with Crippen molar-refractivity contribution in [3.8, 4) is 0 Å². The number of rotatable bonds is 6. The predicted octanol–water partition coefficient (Wildman–Crippen LogP) is 2.01. The van der Waals surface area contributed by atoms with Gasteiger partial charge in [0, 0.05) is 19.3 Å². The molecule has 0 spiro atoms. The van der Waals surface area contributed by atoms with Gasteiger partial charge < -0.3 is 5.11 Å². The molecule has 2 rings (SSSR count). The molecule has 0 atom stereocenters. The van der Waals surface area contributed by atoms with E-state index in [9.17, 15) is 4.79 Å². The van der Waals surface area contributed by atoms with Gasteiger partial charge in [0.2, 0.25) is 0 Å². The van der Waals surface area contributed by atoms with Crippen LogP contribution in [0, 0.1) is 5.92 Å². The number of pyridine rings is 1. The first-order chi connectivity index (χ1) is 8.19. The van der Waals surface area contributed by atoms with Gasteiger partial charge in [-0.15, -0.1) is 0 Å². The Hall–Kier alpha value is -1.42. The topological polar surface area (TPSA) is 53.4 Å². The first kappa shape index (κ1) is 12.0. The molecule has 1 aromatic heterocycles. The number of carboxylic acids is 1. The molecule has 1 heterocycles. The number of carbonyl (C=O) groups is 1. The lowest BCUT2D eigenvalue weighted by atomic mass is 10.2. The van der Waals surface area contributed by atoms with Crippen LogP contribution in [-0.4, -0.2) is 34.0 Å². The second kappa shape index (κ2) is 5.27. The van der Waals surface area contributed by atoms with E-state index in [1.165, 1.54) is 12.8 Å². The monoisotopic (exact) mass is 234 g/mol. The molecule has 0 aliphatic heterocycles. The maximum Gasteiger partial charge on any atom is 0.354 e. The van der Waals surface area contributed by atoms with Gasteiger partial charge in [-0.1, -0.05) is 6.92 Å². The van der Waals surface area contributed by atoms with Crippen molar-refractivity contribution in [2.45, 2.75) is 26.3 Å². The molecule has 1 fully saturated rings. The maximum absolute atomic E-state index is 10.8. The lowest BCUT2D eigenvalue weighted by molar-refractivity contribution is 0.0690. The van der Waals surface area contributed by atoms with Crippen LogP contribution in [0.2, 0.25) is 0 Å². The quantitative estimate of drug-likeness (QED) is 0.818. The zero-order valence-corrected chi connectivity index (χ0v) is 10.1. The summed E-state index contributed by atoms with van der Waals surface area (Å²) in [7, 11) is 0. The van der Waals surface area contributed by atoms with Crippen molar-refractivity contribution < 1.29 is 9.90 Å². The number of aromatic nitrogens is 1. The smallest absolute Gasteiger partial charge is 0.354 e. The second-order valence-electron chi connectivity index (χ2n) is 4.63. The Morgan fingerprint density at radius 1 is 1.59 bits per heavy atom. The van der Waals surface area contributed by atoms with E-state index in [0.29, 0.717) is 0 Å². The van der Waals surface area contributed by atoms with E-state index in [-0.39, 0.29) is 5.69 Å². The van der Waals surface area contributed by atoms with E-state index in [4.69, 9.17) is 5.11 Å². The van der Waals surface area contributed by atoms with Crippen LogP contribution in [0.15, 0.2) is 18.3 Å². The highest BCUT2D eigenvalue weighted by Crippen LogP contribution is 2.30. The van der Waals surface area contributed by atoms with E-state index in [1.807, 2.05) is 6.07 Å².